The third-order valence-electron chi connectivity index (χ3n) is 0.844. The molecule has 0 heterocycles. The molecule has 0 aliphatic carbocycles. The molecule has 9 heavy (non-hydrogen) atoms. The molecule has 0 fully saturated rings. The van der Waals surface area contributed by atoms with Gasteiger partial charge in [0.05, 0.1) is 0 Å². The standard InChI is InChI=1S/C4H8Cl4Si/c5-3-1-2-4-9(6,7)8/h1-4H2. The molecule has 0 saturated carbocycles. The molecule has 0 aromatic carbocycles. The van der Waals surface area contributed by atoms with Gasteiger partial charge in [-0.3, -0.25) is 0 Å². The van der Waals surface area contributed by atoms with E-state index in [0.717, 1.165) is 18.9 Å². The minimum absolute atomic E-state index is 0.662. The maximum atomic E-state index is 5.60. The molecule has 0 nitrogen and oxygen atoms in total. The highest BCUT2D eigenvalue weighted by Gasteiger charge is 2.23. The van der Waals surface area contributed by atoms with Crippen molar-refractivity contribution in [2.24, 2.45) is 0 Å². The molecule has 0 atom stereocenters. The summed E-state index contributed by atoms with van der Waals surface area (Å²) < 4.78 is 0. The lowest BCUT2D eigenvalue weighted by molar-refractivity contribution is 0.886. The van der Waals surface area contributed by atoms with Crippen molar-refractivity contribution >= 4 is 50.8 Å². The molecule has 0 aliphatic rings. The fourth-order valence-electron chi connectivity index (χ4n) is 0.420. The predicted octanol–water partition coefficient (Wildman–Crippen LogP) is 3.66. The van der Waals surface area contributed by atoms with Gasteiger partial charge in [-0.15, -0.1) is 44.8 Å². The van der Waals surface area contributed by atoms with Crippen LogP contribution in [0.3, 0.4) is 0 Å². The van der Waals surface area contributed by atoms with Crippen molar-refractivity contribution in [1.82, 2.24) is 0 Å². The average Bonchev–Trinajstić information content (AvgIpc) is 1.63. The predicted molar refractivity (Wildman–Crippen MR) is 48.1 cm³/mol. The van der Waals surface area contributed by atoms with Crippen LogP contribution in [0.25, 0.3) is 0 Å². The van der Waals surface area contributed by atoms with Crippen molar-refractivity contribution < 1.29 is 0 Å². The van der Waals surface area contributed by atoms with E-state index in [1.165, 1.54) is 0 Å². The van der Waals surface area contributed by atoms with E-state index < -0.39 is 6.00 Å². The lowest BCUT2D eigenvalue weighted by atomic mass is 10.4. The van der Waals surface area contributed by atoms with Gasteiger partial charge in [-0.1, -0.05) is 6.42 Å². The maximum absolute atomic E-state index is 5.60. The molecule has 5 heteroatoms. The molecule has 56 valence electrons. The highest BCUT2D eigenvalue weighted by molar-refractivity contribution is 7.64. The van der Waals surface area contributed by atoms with E-state index in [1.807, 2.05) is 0 Å². The largest absolute Gasteiger partial charge is 0.341 e. The van der Waals surface area contributed by atoms with E-state index in [2.05, 4.69) is 0 Å². The van der Waals surface area contributed by atoms with E-state index in [0.29, 0.717) is 5.88 Å². The first kappa shape index (κ1) is 10.4. The molecular formula is C4H8Cl4Si. The number of hydrogen-bond acceptors (Lipinski definition) is 0. The zero-order valence-electron chi connectivity index (χ0n) is 4.84. The van der Waals surface area contributed by atoms with Gasteiger partial charge in [0.25, 0.3) is 0 Å². The van der Waals surface area contributed by atoms with Crippen LogP contribution in [0.4, 0.5) is 0 Å². The van der Waals surface area contributed by atoms with Gasteiger partial charge in [-0.25, -0.2) is 0 Å². The second-order valence-corrected chi connectivity index (χ2v) is 11.4. The number of alkyl halides is 1. The first-order valence-corrected chi connectivity index (χ1v) is 8.46. The van der Waals surface area contributed by atoms with Crippen LogP contribution >= 0.6 is 44.8 Å². The number of hydrogen-bond donors (Lipinski definition) is 0. The van der Waals surface area contributed by atoms with E-state index in [9.17, 15) is 0 Å². The lowest BCUT2D eigenvalue weighted by Crippen LogP contribution is -2.07. The molecule has 0 bridgehead atoms. The van der Waals surface area contributed by atoms with Crippen molar-refractivity contribution in [3.8, 4) is 0 Å². The van der Waals surface area contributed by atoms with E-state index in [1.54, 1.807) is 0 Å². The first-order chi connectivity index (χ1) is 4.06. The Morgan fingerprint density at radius 1 is 1.00 bits per heavy atom. The lowest BCUT2D eigenvalue weighted by Gasteiger charge is -2.04. The zero-order valence-corrected chi connectivity index (χ0v) is 8.86. The minimum Gasteiger partial charge on any atom is -0.127 e. The van der Waals surface area contributed by atoms with Crippen molar-refractivity contribution in [2.45, 2.75) is 18.9 Å². The Morgan fingerprint density at radius 2 is 1.56 bits per heavy atom. The maximum Gasteiger partial charge on any atom is 0.341 e. The van der Waals surface area contributed by atoms with Gasteiger partial charge >= 0.3 is 6.00 Å². The van der Waals surface area contributed by atoms with Crippen molar-refractivity contribution in [3.05, 3.63) is 0 Å². The minimum atomic E-state index is -2.34. The summed E-state index contributed by atoms with van der Waals surface area (Å²) in [6, 6.07) is -1.61. The molecule has 0 radical (unpaired) electrons. The van der Waals surface area contributed by atoms with Crippen LogP contribution in [0.15, 0.2) is 0 Å². The van der Waals surface area contributed by atoms with Gasteiger partial charge in [0, 0.05) is 5.88 Å². The van der Waals surface area contributed by atoms with Crippen LogP contribution in [0.2, 0.25) is 6.04 Å². The molecule has 0 rings (SSSR count). The van der Waals surface area contributed by atoms with Gasteiger partial charge in [0.2, 0.25) is 0 Å². The molecule has 0 spiro atoms. The Kier molecular flexibility index (Phi) is 5.86. The van der Waals surface area contributed by atoms with E-state index in [-0.39, 0.29) is 0 Å². The van der Waals surface area contributed by atoms with Crippen LogP contribution in [0.1, 0.15) is 12.8 Å². The van der Waals surface area contributed by atoms with Crippen LogP contribution < -0.4 is 0 Å². The highest BCUT2D eigenvalue weighted by Crippen LogP contribution is 2.26. The van der Waals surface area contributed by atoms with Gasteiger partial charge in [-0.2, -0.15) is 0 Å². The Bertz CT molecular complexity index is 69.5. The summed E-state index contributed by atoms with van der Waals surface area (Å²) >= 11 is 22.2. The SMILES string of the molecule is ClCCCC[Si](Cl)(Cl)Cl. The molecule has 0 N–H and O–H groups in total. The normalized spacial score (nSPS) is 12.0. The van der Waals surface area contributed by atoms with E-state index in [4.69, 9.17) is 44.8 Å². The second kappa shape index (κ2) is 5.08. The Labute approximate surface area is 75.5 Å². The summed E-state index contributed by atoms with van der Waals surface area (Å²) in [6.07, 6.45) is 1.88. The molecule has 0 saturated heterocycles. The molecule has 0 amide bonds. The average molecular weight is 226 g/mol. The molecule has 0 unspecified atom stereocenters. The van der Waals surface area contributed by atoms with Gasteiger partial charge < -0.3 is 0 Å². The van der Waals surface area contributed by atoms with Crippen LogP contribution in [-0.4, -0.2) is 11.9 Å². The monoisotopic (exact) mass is 224 g/mol. The summed E-state index contributed by atoms with van der Waals surface area (Å²) in [5.74, 6) is 0.662. The molecule has 0 aromatic rings. The quantitative estimate of drug-likeness (QED) is 0.297. The van der Waals surface area contributed by atoms with Crippen LogP contribution in [0.5, 0.6) is 0 Å². The molecule has 0 aromatic heterocycles. The van der Waals surface area contributed by atoms with Crippen molar-refractivity contribution in [3.63, 3.8) is 0 Å². The first-order valence-electron chi connectivity index (χ1n) is 2.69. The van der Waals surface area contributed by atoms with Gasteiger partial charge in [-0.05, 0) is 12.5 Å². The van der Waals surface area contributed by atoms with Crippen LogP contribution in [-0.2, 0) is 0 Å². The molecule has 0 aliphatic heterocycles. The Balaban J connectivity index is 3.07. The number of rotatable bonds is 4. The Hall–Kier alpha value is 1.38. The van der Waals surface area contributed by atoms with Crippen LogP contribution in [0, 0.1) is 0 Å². The summed E-state index contributed by atoms with van der Waals surface area (Å²) in [6.45, 7) is 0. The van der Waals surface area contributed by atoms with Gasteiger partial charge in [0.1, 0.15) is 0 Å². The topological polar surface area (TPSA) is 0 Å². The van der Waals surface area contributed by atoms with Crippen molar-refractivity contribution in [2.75, 3.05) is 5.88 Å². The fourth-order valence-corrected chi connectivity index (χ4v) is 2.46. The summed E-state index contributed by atoms with van der Waals surface area (Å²) in [5, 5.41) is 0. The molecular weight excluding hydrogens is 218 g/mol. The summed E-state index contributed by atoms with van der Waals surface area (Å²) in [5.41, 5.74) is 0. The third kappa shape index (κ3) is 9.38. The van der Waals surface area contributed by atoms with Crippen molar-refractivity contribution in [1.29, 1.82) is 0 Å². The third-order valence-corrected chi connectivity index (χ3v) is 3.73. The highest BCUT2D eigenvalue weighted by atomic mass is 35.8. The Morgan fingerprint density at radius 3 is 1.89 bits per heavy atom. The summed E-state index contributed by atoms with van der Waals surface area (Å²) in [4.78, 5) is 0. The van der Waals surface area contributed by atoms with Gasteiger partial charge in [0.15, 0.2) is 0 Å². The number of unbranched alkanes of at least 4 members (excludes halogenated alkanes) is 1. The zero-order chi connectivity index (χ0) is 7.33. The fraction of sp³-hybridized carbons (Fsp3) is 1.00. The van der Waals surface area contributed by atoms with E-state index >= 15 is 0 Å². The second-order valence-electron chi connectivity index (χ2n) is 1.76. The smallest absolute Gasteiger partial charge is 0.127 e. The summed E-state index contributed by atoms with van der Waals surface area (Å²) in [7, 11) is 0. The number of halogens is 4.